The van der Waals surface area contributed by atoms with E-state index in [1.807, 2.05) is 0 Å². The van der Waals surface area contributed by atoms with Crippen molar-refractivity contribution in [1.82, 2.24) is 0 Å². The molecule has 2 nitrogen and oxygen atoms in total. The molecule has 0 N–H and O–H groups in total. The monoisotopic (exact) mass is 280 g/mol. The lowest BCUT2D eigenvalue weighted by molar-refractivity contribution is -0.133. The van der Waals surface area contributed by atoms with Crippen LogP contribution in [0.15, 0.2) is 12.2 Å². The third-order valence-corrected chi connectivity index (χ3v) is 9.83. The second-order valence-corrected chi connectivity index (χ2v) is 12.4. The van der Waals surface area contributed by atoms with Gasteiger partial charge in [0.25, 0.3) is 0 Å². The molecule has 0 aliphatic heterocycles. The van der Waals surface area contributed by atoms with Gasteiger partial charge in [-0.25, -0.2) is 0 Å². The summed E-state index contributed by atoms with van der Waals surface area (Å²) in [5.41, 5.74) is -0.284. The van der Waals surface area contributed by atoms with E-state index in [0.29, 0.717) is 5.78 Å². The Bertz CT molecular complexity index is 392. The van der Waals surface area contributed by atoms with Crippen LogP contribution < -0.4 is 0 Å². The number of rotatable bonds is 2. The molecule has 0 radical (unpaired) electrons. The van der Waals surface area contributed by atoms with Gasteiger partial charge in [-0.2, -0.15) is 0 Å². The molecule has 1 spiro atoms. The van der Waals surface area contributed by atoms with E-state index >= 15 is 0 Å². The van der Waals surface area contributed by atoms with Crippen molar-refractivity contribution < 1.29 is 9.22 Å². The first kappa shape index (κ1) is 15.0. The molecule has 0 unspecified atom stereocenters. The fourth-order valence-electron chi connectivity index (χ4n) is 3.00. The molecule has 2 rings (SSSR count). The average Bonchev–Trinajstić information content (AvgIpc) is 2.65. The van der Waals surface area contributed by atoms with Crippen molar-refractivity contribution in [2.24, 2.45) is 5.41 Å². The molecule has 0 aromatic rings. The standard InChI is InChI=1S/C16H28O2Si/c1-15(2,3)19(4,5)18-14-10-8-12-16(14)11-7-6-9-13(16)17/h8,12,14H,6-7,9-11H2,1-5H3/t14-,16-/m0/s1. The van der Waals surface area contributed by atoms with Crippen LogP contribution in [0.1, 0.15) is 52.9 Å². The molecule has 108 valence electrons. The number of Topliss-reactive ketones (excluding diaryl/α,β-unsaturated/α-hetero) is 1. The van der Waals surface area contributed by atoms with Gasteiger partial charge in [0, 0.05) is 6.42 Å². The van der Waals surface area contributed by atoms with Crippen molar-refractivity contribution in [3.63, 3.8) is 0 Å². The fourth-order valence-corrected chi connectivity index (χ4v) is 4.37. The highest BCUT2D eigenvalue weighted by Crippen LogP contribution is 2.47. The molecular weight excluding hydrogens is 252 g/mol. The highest BCUT2D eigenvalue weighted by molar-refractivity contribution is 6.74. The van der Waals surface area contributed by atoms with Crippen molar-refractivity contribution in [3.8, 4) is 0 Å². The van der Waals surface area contributed by atoms with Gasteiger partial charge < -0.3 is 4.43 Å². The van der Waals surface area contributed by atoms with Gasteiger partial charge in [0.05, 0.1) is 11.5 Å². The van der Waals surface area contributed by atoms with E-state index in [1.54, 1.807) is 0 Å². The molecule has 1 saturated carbocycles. The number of hydrogen-bond acceptors (Lipinski definition) is 2. The predicted octanol–water partition coefficient (Wildman–Crippen LogP) is 4.47. The van der Waals surface area contributed by atoms with Gasteiger partial charge >= 0.3 is 0 Å². The molecule has 2 atom stereocenters. The van der Waals surface area contributed by atoms with E-state index in [4.69, 9.17) is 4.43 Å². The summed E-state index contributed by atoms with van der Waals surface area (Å²) in [6.45, 7) is 11.4. The fraction of sp³-hybridized carbons (Fsp3) is 0.812. The van der Waals surface area contributed by atoms with E-state index in [-0.39, 0.29) is 16.6 Å². The molecule has 0 aromatic heterocycles. The first-order valence-electron chi connectivity index (χ1n) is 7.58. The van der Waals surface area contributed by atoms with Crippen LogP contribution in [0.25, 0.3) is 0 Å². The van der Waals surface area contributed by atoms with Gasteiger partial charge in [0.15, 0.2) is 8.32 Å². The maximum Gasteiger partial charge on any atom is 0.192 e. The molecular formula is C16H28O2Si. The minimum Gasteiger partial charge on any atom is -0.412 e. The van der Waals surface area contributed by atoms with Gasteiger partial charge in [0.1, 0.15) is 5.78 Å². The molecule has 0 bridgehead atoms. The summed E-state index contributed by atoms with van der Waals surface area (Å²) in [5, 5.41) is 0.203. The van der Waals surface area contributed by atoms with Crippen LogP contribution in [0.2, 0.25) is 18.1 Å². The van der Waals surface area contributed by atoms with Crippen molar-refractivity contribution in [1.29, 1.82) is 0 Å². The number of hydrogen-bond donors (Lipinski definition) is 0. The molecule has 19 heavy (non-hydrogen) atoms. The zero-order valence-corrected chi connectivity index (χ0v) is 14.1. The topological polar surface area (TPSA) is 26.3 Å². The van der Waals surface area contributed by atoms with Crippen molar-refractivity contribution in [2.75, 3.05) is 0 Å². The minimum atomic E-state index is -1.80. The summed E-state index contributed by atoms with van der Waals surface area (Å²) in [5.74, 6) is 0.413. The summed E-state index contributed by atoms with van der Waals surface area (Å²) < 4.78 is 6.58. The molecule has 1 fully saturated rings. The number of carbonyl (C=O) groups excluding carboxylic acids is 1. The van der Waals surface area contributed by atoms with Crippen LogP contribution in [0.5, 0.6) is 0 Å². The Balaban J connectivity index is 2.19. The third-order valence-electron chi connectivity index (χ3n) is 5.35. The minimum absolute atomic E-state index is 0.0983. The van der Waals surface area contributed by atoms with Crippen LogP contribution >= 0.6 is 0 Å². The zero-order chi connectivity index (χ0) is 14.3. The first-order chi connectivity index (χ1) is 8.69. The van der Waals surface area contributed by atoms with Crippen LogP contribution in [0, 0.1) is 5.41 Å². The van der Waals surface area contributed by atoms with Crippen molar-refractivity contribution in [3.05, 3.63) is 12.2 Å². The van der Waals surface area contributed by atoms with E-state index in [9.17, 15) is 4.79 Å². The Hall–Kier alpha value is -0.413. The summed E-state index contributed by atoms with van der Waals surface area (Å²) >= 11 is 0. The maximum atomic E-state index is 12.4. The molecule has 3 heteroatoms. The molecule has 2 aliphatic carbocycles. The lowest BCUT2D eigenvalue weighted by Gasteiger charge is -2.44. The predicted molar refractivity (Wildman–Crippen MR) is 81.7 cm³/mol. The second-order valence-electron chi connectivity index (χ2n) is 7.68. The lowest BCUT2D eigenvalue weighted by atomic mass is 9.71. The third kappa shape index (κ3) is 2.59. The smallest absolute Gasteiger partial charge is 0.192 e. The number of ketones is 1. The van der Waals surface area contributed by atoms with Crippen LogP contribution in [-0.2, 0) is 9.22 Å². The Morgan fingerprint density at radius 3 is 2.58 bits per heavy atom. The van der Waals surface area contributed by atoms with Gasteiger partial charge in [-0.1, -0.05) is 39.3 Å². The average molecular weight is 280 g/mol. The largest absolute Gasteiger partial charge is 0.412 e. The molecule has 2 aliphatic rings. The zero-order valence-electron chi connectivity index (χ0n) is 13.1. The van der Waals surface area contributed by atoms with Gasteiger partial charge in [-0.15, -0.1) is 0 Å². The highest BCUT2D eigenvalue weighted by Gasteiger charge is 2.50. The van der Waals surface area contributed by atoms with Crippen LogP contribution in [-0.4, -0.2) is 20.2 Å². The second kappa shape index (κ2) is 4.85. The molecule has 0 amide bonds. The van der Waals surface area contributed by atoms with Crippen LogP contribution in [0.4, 0.5) is 0 Å². The lowest BCUT2D eigenvalue weighted by Crippen LogP contribution is -2.50. The molecule has 0 aromatic carbocycles. The van der Waals surface area contributed by atoms with E-state index in [2.05, 4.69) is 46.0 Å². The van der Waals surface area contributed by atoms with Gasteiger partial charge in [-0.3, -0.25) is 4.79 Å². The van der Waals surface area contributed by atoms with Crippen LogP contribution in [0.3, 0.4) is 0 Å². The summed E-state index contributed by atoms with van der Waals surface area (Å²) in [7, 11) is -1.80. The Kier molecular flexibility index (Phi) is 3.82. The Morgan fingerprint density at radius 1 is 1.32 bits per heavy atom. The maximum absolute atomic E-state index is 12.4. The van der Waals surface area contributed by atoms with Crippen molar-refractivity contribution >= 4 is 14.1 Å². The Morgan fingerprint density at radius 2 is 2.00 bits per heavy atom. The van der Waals surface area contributed by atoms with E-state index in [1.165, 1.54) is 0 Å². The Labute approximate surface area is 118 Å². The van der Waals surface area contributed by atoms with Gasteiger partial charge in [-0.05, 0) is 37.4 Å². The number of carbonyl (C=O) groups is 1. The van der Waals surface area contributed by atoms with E-state index in [0.717, 1.165) is 32.1 Å². The summed E-state index contributed by atoms with van der Waals surface area (Å²) in [4.78, 5) is 12.4. The normalized spacial score (nSPS) is 32.3. The quantitative estimate of drug-likeness (QED) is 0.551. The van der Waals surface area contributed by atoms with Crippen molar-refractivity contribution in [2.45, 2.75) is 77.1 Å². The highest BCUT2D eigenvalue weighted by atomic mass is 28.4. The first-order valence-corrected chi connectivity index (χ1v) is 10.5. The van der Waals surface area contributed by atoms with E-state index < -0.39 is 8.32 Å². The molecule has 0 heterocycles. The summed E-state index contributed by atoms with van der Waals surface area (Å²) in [6, 6.07) is 0. The molecule has 0 saturated heterocycles. The van der Waals surface area contributed by atoms with Gasteiger partial charge in [0.2, 0.25) is 0 Å². The summed E-state index contributed by atoms with van der Waals surface area (Å²) in [6.07, 6.45) is 9.28. The SMILES string of the molecule is CC(C)(C)[Si](C)(C)O[C@H]1CC=C[C@]12CCCCC2=O.